The molecule has 2 heterocycles. The lowest BCUT2D eigenvalue weighted by atomic mass is 9.80. The van der Waals surface area contributed by atoms with Crippen LogP contribution in [-0.2, 0) is 12.5 Å². The number of hydrogen-bond donors (Lipinski definition) is 0. The summed E-state index contributed by atoms with van der Waals surface area (Å²) >= 11 is 0. The maximum absolute atomic E-state index is 2.42. The van der Waals surface area contributed by atoms with Gasteiger partial charge in [-0.3, -0.25) is 0 Å². The SMILES string of the molecule is CN1c2ccccc2C(C)(C)C1C=Cc1c(-c2ccccc2)n(C)c2ccccc12. The highest BCUT2D eigenvalue weighted by atomic mass is 15.2. The van der Waals surface area contributed by atoms with Gasteiger partial charge in [-0.1, -0.05) is 92.7 Å². The van der Waals surface area contributed by atoms with Gasteiger partial charge in [0.05, 0.1) is 11.7 Å². The summed E-state index contributed by atoms with van der Waals surface area (Å²) in [7, 11) is 4.38. The normalized spacial score (nSPS) is 17.7. The fourth-order valence-corrected chi connectivity index (χ4v) is 5.21. The van der Waals surface area contributed by atoms with Crippen LogP contribution in [0.4, 0.5) is 5.69 Å². The third-order valence-electron chi connectivity index (χ3n) is 6.77. The Morgan fingerprint density at radius 1 is 0.800 bits per heavy atom. The summed E-state index contributed by atoms with van der Waals surface area (Å²) in [6.45, 7) is 4.71. The maximum Gasteiger partial charge on any atom is 0.0565 e. The van der Waals surface area contributed by atoms with Crippen LogP contribution in [0.1, 0.15) is 25.0 Å². The molecule has 0 N–H and O–H groups in total. The highest BCUT2D eigenvalue weighted by Crippen LogP contribution is 2.45. The van der Waals surface area contributed by atoms with Gasteiger partial charge in [-0.2, -0.15) is 0 Å². The van der Waals surface area contributed by atoms with Crippen LogP contribution >= 0.6 is 0 Å². The van der Waals surface area contributed by atoms with Gasteiger partial charge in [0, 0.05) is 41.7 Å². The predicted molar refractivity (Wildman–Crippen MR) is 129 cm³/mol. The zero-order chi connectivity index (χ0) is 20.9. The van der Waals surface area contributed by atoms with E-state index >= 15 is 0 Å². The fourth-order valence-electron chi connectivity index (χ4n) is 5.21. The van der Waals surface area contributed by atoms with E-state index in [0.29, 0.717) is 6.04 Å². The minimum atomic E-state index is 0.0549. The summed E-state index contributed by atoms with van der Waals surface area (Å²) in [5.41, 5.74) is 7.88. The molecule has 1 aliphatic heterocycles. The van der Waals surface area contributed by atoms with Gasteiger partial charge in [-0.15, -0.1) is 0 Å². The number of rotatable bonds is 3. The average molecular weight is 393 g/mol. The van der Waals surface area contributed by atoms with Gasteiger partial charge in [0.25, 0.3) is 0 Å². The van der Waals surface area contributed by atoms with E-state index in [1.807, 2.05) is 0 Å². The standard InChI is InChI=1S/C28H28N2/c1-28(2)23-15-9-11-17-25(23)29(3)26(28)19-18-22-21-14-8-10-16-24(21)30(4)27(22)20-12-6-5-7-13-20/h5-19,26H,1-4H3. The van der Waals surface area contributed by atoms with Crippen LogP contribution in [-0.4, -0.2) is 17.7 Å². The predicted octanol–water partition coefficient (Wildman–Crippen LogP) is 6.65. The van der Waals surface area contributed by atoms with Gasteiger partial charge in [0.2, 0.25) is 0 Å². The average Bonchev–Trinajstić information content (AvgIpc) is 3.16. The molecule has 0 saturated heterocycles. The quantitative estimate of drug-likeness (QED) is 0.379. The number of aromatic nitrogens is 1. The maximum atomic E-state index is 2.42. The molecular formula is C28H28N2. The number of benzene rings is 3. The van der Waals surface area contributed by atoms with Crippen LogP contribution in [0.2, 0.25) is 0 Å². The zero-order valence-corrected chi connectivity index (χ0v) is 18.1. The molecule has 1 atom stereocenters. The Kier molecular flexibility index (Phi) is 4.32. The van der Waals surface area contributed by atoms with Crippen molar-refractivity contribution in [2.45, 2.75) is 25.3 Å². The second-order valence-corrected chi connectivity index (χ2v) is 8.86. The molecule has 0 fully saturated rings. The molecule has 150 valence electrons. The van der Waals surface area contributed by atoms with Gasteiger partial charge >= 0.3 is 0 Å². The van der Waals surface area contributed by atoms with Gasteiger partial charge < -0.3 is 9.47 Å². The van der Waals surface area contributed by atoms with Crippen LogP contribution in [0, 0.1) is 0 Å². The molecule has 2 heteroatoms. The lowest BCUT2D eigenvalue weighted by molar-refractivity contribution is 0.489. The number of para-hydroxylation sites is 2. The Morgan fingerprint density at radius 2 is 1.47 bits per heavy atom. The molecule has 3 aromatic carbocycles. The number of likely N-dealkylation sites (N-methyl/N-ethyl adjacent to an activating group) is 1. The second-order valence-electron chi connectivity index (χ2n) is 8.86. The molecule has 4 aromatic rings. The van der Waals surface area contributed by atoms with Crippen LogP contribution in [0.15, 0.2) is 84.9 Å². The fraction of sp³-hybridized carbons (Fsp3) is 0.214. The molecule has 0 aliphatic carbocycles. The van der Waals surface area contributed by atoms with Crippen molar-refractivity contribution in [3.8, 4) is 11.3 Å². The van der Waals surface area contributed by atoms with Crippen LogP contribution in [0.25, 0.3) is 28.2 Å². The number of aryl methyl sites for hydroxylation is 1. The largest absolute Gasteiger partial charge is 0.367 e. The van der Waals surface area contributed by atoms with E-state index in [0.717, 1.165) is 0 Å². The molecule has 5 rings (SSSR count). The van der Waals surface area contributed by atoms with Crippen molar-refractivity contribution in [1.29, 1.82) is 0 Å². The lowest BCUT2D eigenvalue weighted by Crippen LogP contribution is -2.37. The van der Waals surface area contributed by atoms with Crippen molar-refractivity contribution < 1.29 is 0 Å². The second kappa shape index (κ2) is 6.91. The van der Waals surface area contributed by atoms with E-state index in [-0.39, 0.29) is 5.41 Å². The van der Waals surface area contributed by atoms with Crippen LogP contribution < -0.4 is 4.90 Å². The molecule has 1 aliphatic rings. The minimum absolute atomic E-state index is 0.0549. The van der Waals surface area contributed by atoms with Crippen molar-refractivity contribution in [3.05, 3.63) is 96.1 Å². The van der Waals surface area contributed by atoms with Gasteiger partial charge in [-0.05, 0) is 23.3 Å². The summed E-state index contributed by atoms with van der Waals surface area (Å²) in [5.74, 6) is 0. The monoisotopic (exact) mass is 392 g/mol. The summed E-state index contributed by atoms with van der Waals surface area (Å²) in [5, 5.41) is 1.30. The van der Waals surface area contributed by atoms with Crippen molar-refractivity contribution in [3.63, 3.8) is 0 Å². The number of nitrogens with zero attached hydrogens (tertiary/aromatic N) is 2. The van der Waals surface area contributed by atoms with Crippen molar-refractivity contribution in [2.24, 2.45) is 7.05 Å². The molecular weight excluding hydrogens is 364 g/mol. The van der Waals surface area contributed by atoms with Crippen LogP contribution in [0.3, 0.4) is 0 Å². The van der Waals surface area contributed by atoms with E-state index in [1.165, 1.54) is 39.0 Å². The molecule has 1 unspecified atom stereocenters. The topological polar surface area (TPSA) is 8.17 Å². The third-order valence-corrected chi connectivity index (χ3v) is 6.77. The van der Waals surface area contributed by atoms with Crippen molar-refractivity contribution in [1.82, 2.24) is 4.57 Å². The Balaban J connectivity index is 1.66. The Labute approximate surface area is 179 Å². The summed E-state index contributed by atoms with van der Waals surface area (Å²) < 4.78 is 2.32. The summed E-state index contributed by atoms with van der Waals surface area (Å²) in [6.07, 6.45) is 4.74. The molecule has 0 spiro atoms. The first kappa shape index (κ1) is 18.7. The molecule has 0 radical (unpaired) electrons. The van der Waals surface area contributed by atoms with Gasteiger partial charge in [-0.25, -0.2) is 0 Å². The number of hydrogen-bond acceptors (Lipinski definition) is 1. The van der Waals surface area contributed by atoms with E-state index in [4.69, 9.17) is 0 Å². The first-order valence-electron chi connectivity index (χ1n) is 10.6. The van der Waals surface area contributed by atoms with E-state index in [1.54, 1.807) is 0 Å². The van der Waals surface area contributed by atoms with E-state index in [2.05, 4.69) is 128 Å². The van der Waals surface area contributed by atoms with Gasteiger partial charge in [0.15, 0.2) is 0 Å². The Bertz CT molecular complexity index is 1240. The third kappa shape index (κ3) is 2.71. The molecule has 0 bridgehead atoms. The molecule has 30 heavy (non-hydrogen) atoms. The highest BCUT2D eigenvalue weighted by molar-refractivity contribution is 5.97. The summed E-state index contributed by atoms with van der Waals surface area (Å²) in [4.78, 5) is 2.42. The molecule has 0 amide bonds. The zero-order valence-electron chi connectivity index (χ0n) is 18.1. The van der Waals surface area contributed by atoms with Crippen molar-refractivity contribution in [2.75, 3.05) is 11.9 Å². The summed E-state index contributed by atoms with van der Waals surface area (Å²) in [6, 6.07) is 28.5. The molecule has 0 saturated carbocycles. The first-order valence-corrected chi connectivity index (χ1v) is 10.6. The Hall–Kier alpha value is -3.26. The van der Waals surface area contributed by atoms with Gasteiger partial charge in [0.1, 0.15) is 0 Å². The number of anilines is 1. The highest BCUT2D eigenvalue weighted by Gasteiger charge is 2.41. The Morgan fingerprint density at radius 3 is 2.23 bits per heavy atom. The first-order chi connectivity index (χ1) is 14.5. The lowest BCUT2D eigenvalue weighted by Gasteiger charge is -2.29. The molecule has 2 nitrogen and oxygen atoms in total. The minimum Gasteiger partial charge on any atom is -0.367 e. The van der Waals surface area contributed by atoms with Crippen molar-refractivity contribution >= 4 is 22.7 Å². The smallest absolute Gasteiger partial charge is 0.0565 e. The van der Waals surface area contributed by atoms with E-state index < -0.39 is 0 Å². The number of fused-ring (bicyclic) bond motifs is 2. The molecule has 1 aromatic heterocycles. The van der Waals surface area contributed by atoms with Crippen LogP contribution in [0.5, 0.6) is 0 Å². The van der Waals surface area contributed by atoms with E-state index in [9.17, 15) is 0 Å².